The van der Waals surface area contributed by atoms with Gasteiger partial charge in [-0.15, -0.1) is 0 Å². The molecule has 6 heteroatoms. The average molecular weight is 396 g/mol. The Bertz CT molecular complexity index is 881. The van der Waals surface area contributed by atoms with Crippen LogP contribution in [0, 0.1) is 0 Å². The molecule has 0 radical (unpaired) electrons. The van der Waals surface area contributed by atoms with Gasteiger partial charge in [-0.05, 0) is 55.7 Å². The van der Waals surface area contributed by atoms with Crippen molar-refractivity contribution in [3.05, 3.63) is 60.2 Å². The number of nitrogens with zero attached hydrogens (tertiary/aromatic N) is 1. The fraction of sp³-hybridized carbons (Fsp3) is 0.348. The second-order valence-electron chi connectivity index (χ2n) is 7.16. The molecule has 6 nitrogen and oxygen atoms in total. The number of likely N-dealkylation sites (tertiary alicyclic amines) is 1. The normalized spacial score (nSPS) is 15.7. The van der Waals surface area contributed by atoms with E-state index >= 15 is 0 Å². The number of methoxy groups -OCH3 is 2. The van der Waals surface area contributed by atoms with Gasteiger partial charge in [0.15, 0.2) is 0 Å². The minimum Gasteiger partial charge on any atom is -0.497 e. The second kappa shape index (κ2) is 9.37. The third kappa shape index (κ3) is 5.02. The Balaban J connectivity index is 1.76. The first kappa shape index (κ1) is 20.6. The first-order chi connectivity index (χ1) is 14.0. The monoisotopic (exact) mass is 396 g/mol. The largest absolute Gasteiger partial charge is 0.497 e. The van der Waals surface area contributed by atoms with E-state index in [9.17, 15) is 4.79 Å². The van der Waals surface area contributed by atoms with Crippen LogP contribution < -0.4 is 19.5 Å². The van der Waals surface area contributed by atoms with E-state index in [0.717, 1.165) is 35.5 Å². The van der Waals surface area contributed by atoms with E-state index in [-0.39, 0.29) is 12.1 Å². The number of benzene rings is 2. The highest BCUT2D eigenvalue weighted by Crippen LogP contribution is 2.39. The Morgan fingerprint density at radius 2 is 2.00 bits per heavy atom. The zero-order valence-electron chi connectivity index (χ0n) is 17.2. The molecule has 1 saturated heterocycles. The summed E-state index contributed by atoms with van der Waals surface area (Å²) in [7, 11) is 3.27. The summed E-state index contributed by atoms with van der Waals surface area (Å²) in [6.07, 6.45) is 1.80. The second-order valence-corrected chi connectivity index (χ2v) is 7.16. The summed E-state index contributed by atoms with van der Waals surface area (Å²) in [6, 6.07) is 12.9. The molecule has 0 saturated carbocycles. The van der Waals surface area contributed by atoms with Crippen molar-refractivity contribution < 1.29 is 19.0 Å². The van der Waals surface area contributed by atoms with Crippen LogP contribution in [0.2, 0.25) is 0 Å². The maximum Gasteiger partial charge on any atom is 0.322 e. The molecule has 3 rings (SSSR count). The molecule has 1 unspecified atom stereocenters. The highest BCUT2D eigenvalue weighted by atomic mass is 16.5. The Hall–Kier alpha value is -3.15. The van der Waals surface area contributed by atoms with Crippen molar-refractivity contribution in [1.82, 2.24) is 4.90 Å². The number of rotatable bonds is 7. The van der Waals surface area contributed by atoms with Crippen LogP contribution in [-0.4, -0.2) is 38.3 Å². The highest BCUT2D eigenvalue weighted by molar-refractivity contribution is 5.90. The Morgan fingerprint density at radius 1 is 1.17 bits per heavy atom. The lowest BCUT2D eigenvalue weighted by atomic mass is 10.0. The molecule has 29 heavy (non-hydrogen) atoms. The third-order valence-electron chi connectivity index (χ3n) is 4.88. The number of nitrogens with one attached hydrogen (secondary N) is 1. The average Bonchev–Trinajstić information content (AvgIpc) is 3.22. The standard InChI is InChI=1S/C23H28N2O4/c1-16(2)15-29-19-8-5-7-17(13-19)24-23(26)25-12-6-9-21(25)20-14-18(27-3)10-11-22(20)28-4/h5,7-8,10-11,13-14,21H,1,6,9,12,15H2,2-4H3,(H,24,26). The first-order valence-electron chi connectivity index (χ1n) is 9.68. The van der Waals surface area contributed by atoms with Gasteiger partial charge in [-0.25, -0.2) is 4.79 Å². The molecule has 1 fully saturated rings. The zero-order valence-corrected chi connectivity index (χ0v) is 17.2. The van der Waals surface area contributed by atoms with Crippen molar-refractivity contribution in [2.45, 2.75) is 25.8 Å². The van der Waals surface area contributed by atoms with Crippen LogP contribution in [0.1, 0.15) is 31.4 Å². The molecular weight excluding hydrogens is 368 g/mol. The smallest absolute Gasteiger partial charge is 0.322 e. The number of carbonyl (C=O) groups excluding carboxylic acids is 1. The molecule has 1 atom stereocenters. The van der Waals surface area contributed by atoms with E-state index in [1.807, 2.05) is 54.3 Å². The van der Waals surface area contributed by atoms with Gasteiger partial charge in [0.25, 0.3) is 0 Å². The molecular formula is C23H28N2O4. The van der Waals surface area contributed by atoms with Crippen LogP contribution in [-0.2, 0) is 0 Å². The lowest BCUT2D eigenvalue weighted by molar-refractivity contribution is 0.206. The molecule has 0 aromatic heterocycles. The molecule has 2 aromatic rings. The molecule has 0 spiro atoms. The summed E-state index contributed by atoms with van der Waals surface area (Å²) in [4.78, 5) is 14.9. The number of anilines is 1. The lowest BCUT2D eigenvalue weighted by Gasteiger charge is -2.27. The van der Waals surface area contributed by atoms with E-state index < -0.39 is 0 Å². The summed E-state index contributed by atoms with van der Waals surface area (Å²) in [5, 5.41) is 2.99. The molecule has 154 valence electrons. The molecule has 1 aliphatic rings. The van der Waals surface area contributed by atoms with Crippen LogP contribution in [0.25, 0.3) is 0 Å². The predicted molar refractivity (Wildman–Crippen MR) is 114 cm³/mol. The Labute approximate surface area is 172 Å². The summed E-state index contributed by atoms with van der Waals surface area (Å²) in [5.74, 6) is 2.19. The predicted octanol–water partition coefficient (Wildman–Crippen LogP) is 5.03. The van der Waals surface area contributed by atoms with Gasteiger partial charge in [-0.3, -0.25) is 0 Å². The maximum absolute atomic E-state index is 13.0. The van der Waals surface area contributed by atoms with Crippen LogP contribution in [0.5, 0.6) is 17.2 Å². The van der Waals surface area contributed by atoms with Gasteiger partial charge in [-0.1, -0.05) is 12.6 Å². The van der Waals surface area contributed by atoms with Gasteiger partial charge < -0.3 is 24.4 Å². The van der Waals surface area contributed by atoms with Gasteiger partial charge in [0.1, 0.15) is 23.9 Å². The Kier molecular flexibility index (Phi) is 6.65. The maximum atomic E-state index is 13.0. The van der Waals surface area contributed by atoms with Crippen LogP contribution >= 0.6 is 0 Å². The summed E-state index contributed by atoms with van der Waals surface area (Å²) in [6.45, 7) is 6.87. The van der Waals surface area contributed by atoms with E-state index in [1.54, 1.807) is 14.2 Å². The fourth-order valence-electron chi connectivity index (χ4n) is 3.50. The van der Waals surface area contributed by atoms with Gasteiger partial charge >= 0.3 is 6.03 Å². The summed E-state index contributed by atoms with van der Waals surface area (Å²) in [5.41, 5.74) is 2.59. The topological polar surface area (TPSA) is 60.0 Å². The van der Waals surface area contributed by atoms with Crippen LogP contribution in [0.3, 0.4) is 0 Å². The summed E-state index contributed by atoms with van der Waals surface area (Å²) >= 11 is 0. The van der Waals surface area contributed by atoms with Crippen molar-refractivity contribution >= 4 is 11.7 Å². The first-order valence-corrected chi connectivity index (χ1v) is 9.68. The van der Waals surface area contributed by atoms with Gasteiger partial charge in [-0.2, -0.15) is 0 Å². The van der Waals surface area contributed by atoms with E-state index in [0.29, 0.717) is 24.6 Å². The summed E-state index contributed by atoms with van der Waals surface area (Å²) < 4.78 is 16.6. The molecule has 1 aliphatic heterocycles. The fourth-order valence-corrected chi connectivity index (χ4v) is 3.50. The quantitative estimate of drug-likeness (QED) is 0.667. The molecule has 2 amide bonds. The number of carbonyl (C=O) groups is 1. The van der Waals surface area contributed by atoms with Crippen molar-refractivity contribution in [2.24, 2.45) is 0 Å². The van der Waals surface area contributed by atoms with Gasteiger partial charge in [0, 0.05) is 23.9 Å². The highest BCUT2D eigenvalue weighted by Gasteiger charge is 2.32. The van der Waals surface area contributed by atoms with Crippen LogP contribution in [0.15, 0.2) is 54.6 Å². The SMILES string of the molecule is C=C(C)COc1cccc(NC(=O)N2CCCC2c2cc(OC)ccc2OC)c1. The zero-order chi connectivity index (χ0) is 20.8. The molecule has 1 N–H and O–H groups in total. The molecule has 2 aromatic carbocycles. The van der Waals surface area contributed by atoms with Crippen molar-refractivity contribution in [2.75, 3.05) is 32.7 Å². The molecule has 0 bridgehead atoms. The van der Waals surface area contributed by atoms with Crippen molar-refractivity contribution in [3.8, 4) is 17.2 Å². The number of ether oxygens (including phenoxy) is 3. The Morgan fingerprint density at radius 3 is 2.72 bits per heavy atom. The van der Waals surface area contributed by atoms with Gasteiger partial charge in [0.2, 0.25) is 0 Å². The number of hydrogen-bond acceptors (Lipinski definition) is 4. The molecule has 1 heterocycles. The van der Waals surface area contributed by atoms with Gasteiger partial charge in [0.05, 0.1) is 20.3 Å². The molecule has 0 aliphatic carbocycles. The minimum atomic E-state index is -0.144. The minimum absolute atomic E-state index is 0.0668. The van der Waals surface area contributed by atoms with Crippen molar-refractivity contribution in [3.63, 3.8) is 0 Å². The van der Waals surface area contributed by atoms with E-state index in [1.165, 1.54) is 0 Å². The van der Waals surface area contributed by atoms with Crippen LogP contribution in [0.4, 0.5) is 10.5 Å². The number of amides is 2. The van der Waals surface area contributed by atoms with E-state index in [2.05, 4.69) is 11.9 Å². The number of hydrogen-bond donors (Lipinski definition) is 1. The van der Waals surface area contributed by atoms with E-state index in [4.69, 9.17) is 14.2 Å². The number of urea groups is 1. The third-order valence-corrected chi connectivity index (χ3v) is 4.88. The van der Waals surface area contributed by atoms with Crippen molar-refractivity contribution in [1.29, 1.82) is 0 Å². The lowest BCUT2D eigenvalue weighted by Crippen LogP contribution is -2.34.